The van der Waals surface area contributed by atoms with Crippen LogP contribution in [0.2, 0.25) is 0 Å². The van der Waals surface area contributed by atoms with E-state index in [9.17, 15) is 15.0 Å². The van der Waals surface area contributed by atoms with E-state index >= 15 is 0 Å². The Labute approximate surface area is 372 Å². The lowest BCUT2D eigenvalue weighted by molar-refractivity contribution is -0.123. The van der Waals surface area contributed by atoms with Crippen LogP contribution in [-0.4, -0.2) is 34.9 Å². The minimum Gasteiger partial charge on any atom is -0.394 e. The molecular weight excluding hydrogens is 735 g/mol. The van der Waals surface area contributed by atoms with Crippen LogP contribution in [0.3, 0.4) is 0 Å². The molecule has 1 amide bonds. The quantitative estimate of drug-likeness (QED) is 0.0423. The third-order valence-electron chi connectivity index (χ3n) is 10.8. The van der Waals surface area contributed by atoms with E-state index < -0.39 is 12.1 Å². The highest BCUT2D eigenvalue weighted by atomic mass is 16.3. The highest BCUT2D eigenvalue weighted by Gasteiger charge is 2.20. The second-order valence-corrected chi connectivity index (χ2v) is 16.5. The highest BCUT2D eigenvalue weighted by molar-refractivity contribution is 5.76. The van der Waals surface area contributed by atoms with Gasteiger partial charge in [-0.25, -0.2) is 0 Å². The van der Waals surface area contributed by atoms with Crippen LogP contribution in [0.1, 0.15) is 219 Å². The van der Waals surface area contributed by atoms with Crippen LogP contribution in [0.15, 0.2) is 109 Å². The van der Waals surface area contributed by atoms with Crippen LogP contribution in [-0.2, 0) is 4.79 Å². The first-order valence-electron chi connectivity index (χ1n) is 25.1. The summed E-state index contributed by atoms with van der Waals surface area (Å²) in [4.78, 5) is 12.4. The summed E-state index contributed by atoms with van der Waals surface area (Å²) in [6.07, 6.45) is 76.1. The van der Waals surface area contributed by atoms with Gasteiger partial charge in [0.15, 0.2) is 0 Å². The largest absolute Gasteiger partial charge is 0.394 e. The first kappa shape index (κ1) is 57.1. The summed E-state index contributed by atoms with van der Waals surface area (Å²) in [5.74, 6) is -0.0670. The van der Waals surface area contributed by atoms with Crippen LogP contribution < -0.4 is 5.32 Å². The zero-order chi connectivity index (χ0) is 43.5. The van der Waals surface area contributed by atoms with Crippen molar-refractivity contribution < 1.29 is 15.0 Å². The standard InChI is InChI=1S/C56H95NO3/c1-3-5-7-9-11-13-15-17-19-21-22-23-24-25-26-27-28-29-30-31-32-33-34-36-38-40-42-44-46-48-50-52-56(60)57-54(53-58)55(59)51-49-47-45-43-41-39-37-35-20-18-16-14-12-10-8-6-4-2/h5,7,11,13,17,19,22-23,25-26,28-29,31-32,34,36,40,42,54-55,58-59H,3-4,6,8-10,12,14-16,18,20-21,24,27,30,33,35,37-39,41,43-53H2,1-2H3,(H,57,60)/b7-5-,13-11-,19-17-,23-22-,26-25-,29-28-,32-31-,36-34-,42-40-. The summed E-state index contributed by atoms with van der Waals surface area (Å²) in [6.45, 7) is 4.23. The predicted octanol–water partition coefficient (Wildman–Crippen LogP) is 16.4. The molecule has 0 heterocycles. The van der Waals surface area contributed by atoms with Crippen LogP contribution in [0.25, 0.3) is 0 Å². The van der Waals surface area contributed by atoms with Crippen LogP contribution in [0.5, 0.6) is 0 Å². The Morgan fingerprint density at radius 3 is 1.08 bits per heavy atom. The molecule has 3 N–H and O–H groups in total. The van der Waals surface area contributed by atoms with Crippen molar-refractivity contribution in [1.29, 1.82) is 0 Å². The molecule has 0 aliphatic carbocycles. The lowest BCUT2D eigenvalue weighted by atomic mass is 10.0. The average Bonchev–Trinajstić information content (AvgIpc) is 3.25. The number of aliphatic hydroxyl groups excluding tert-OH is 2. The van der Waals surface area contributed by atoms with Gasteiger partial charge in [-0.1, -0.05) is 239 Å². The Morgan fingerprint density at radius 1 is 0.417 bits per heavy atom. The van der Waals surface area contributed by atoms with Gasteiger partial charge < -0.3 is 15.5 Å². The van der Waals surface area contributed by atoms with E-state index in [1.807, 2.05) is 0 Å². The molecule has 0 aromatic heterocycles. The fourth-order valence-corrected chi connectivity index (χ4v) is 7.00. The molecule has 0 fully saturated rings. The van der Waals surface area contributed by atoms with E-state index in [1.54, 1.807) is 0 Å². The number of hydrogen-bond donors (Lipinski definition) is 3. The van der Waals surface area contributed by atoms with E-state index in [2.05, 4.69) is 129 Å². The summed E-state index contributed by atoms with van der Waals surface area (Å²) < 4.78 is 0. The van der Waals surface area contributed by atoms with Crippen LogP contribution in [0.4, 0.5) is 0 Å². The fraction of sp³-hybridized carbons (Fsp3) is 0.661. The number of hydrogen-bond acceptors (Lipinski definition) is 3. The predicted molar refractivity (Wildman–Crippen MR) is 266 cm³/mol. The van der Waals surface area contributed by atoms with Crippen molar-refractivity contribution in [2.75, 3.05) is 6.61 Å². The molecule has 60 heavy (non-hydrogen) atoms. The van der Waals surface area contributed by atoms with Gasteiger partial charge in [-0.15, -0.1) is 0 Å². The summed E-state index contributed by atoms with van der Waals surface area (Å²) in [6, 6.07) is -0.562. The summed E-state index contributed by atoms with van der Waals surface area (Å²) >= 11 is 0. The van der Waals surface area contributed by atoms with Gasteiger partial charge >= 0.3 is 0 Å². The van der Waals surface area contributed by atoms with E-state index in [0.717, 1.165) is 96.3 Å². The Bertz CT molecular complexity index is 1170. The number of unbranched alkanes of at least 4 members (excludes halogenated alkanes) is 19. The Morgan fingerprint density at radius 2 is 0.733 bits per heavy atom. The fourth-order valence-electron chi connectivity index (χ4n) is 7.00. The lowest BCUT2D eigenvalue weighted by Crippen LogP contribution is -2.45. The minimum atomic E-state index is -0.682. The summed E-state index contributed by atoms with van der Waals surface area (Å²) in [5, 5.41) is 23.2. The third-order valence-corrected chi connectivity index (χ3v) is 10.8. The van der Waals surface area contributed by atoms with Crippen LogP contribution in [0, 0.1) is 0 Å². The van der Waals surface area contributed by atoms with Gasteiger partial charge in [-0.2, -0.15) is 0 Å². The Hall–Kier alpha value is -2.95. The zero-order valence-electron chi connectivity index (χ0n) is 39.2. The number of aliphatic hydroxyl groups is 2. The van der Waals surface area contributed by atoms with Crippen molar-refractivity contribution >= 4 is 5.91 Å². The van der Waals surface area contributed by atoms with Crippen molar-refractivity contribution in [3.8, 4) is 0 Å². The molecular formula is C56H95NO3. The SMILES string of the molecule is CC/C=C\C/C=C\C/C=C\C/C=C\C/C=C\C/C=C\C/C=C\C/C=C\C/C=C\CCCCCC(=O)NC(CO)C(O)CCCCCCCCCCCCCCCCCCC. The van der Waals surface area contributed by atoms with Gasteiger partial charge in [-0.3, -0.25) is 4.79 Å². The number of allylic oxidation sites excluding steroid dienone is 18. The normalized spacial score (nSPS) is 13.9. The van der Waals surface area contributed by atoms with Gasteiger partial charge in [0.1, 0.15) is 0 Å². The molecule has 0 saturated heterocycles. The molecule has 4 nitrogen and oxygen atoms in total. The van der Waals surface area contributed by atoms with Crippen molar-refractivity contribution in [2.24, 2.45) is 0 Å². The molecule has 0 rings (SSSR count). The second-order valence-electron chi connectivity index (χ2n) is 16.5. The van der Waals surface area contributed by atoms with Crippen LogP contribution >= 0.6 is 0 Å². The zero-order valence-corrected chi connectivity index (χ0v) is 39.2. The number of rotatable bonds is 44. The van der Waals surface area contributed by atoms with Crippen molar-refractivity contribution in [2.45, 2.75) is 231 Å². The molecule has 2 atom stereocenters. The van der Waals surface area contributed by atoms with Gasteiger partial charge in [0, 0.05) is 6.42 Å². The highest BCUT2D eigenvalue weighted by Crippen LogP contribution is 2.15. The molecule has 4 heteroatoms. The summed E-state index contributed by atoms with van der Waals surface area (Å²) in [7, 11) is 0. The smallest absolute Gasteiger partial charge is 0.220 e. The number of nitrogens with one attached hydrogen (secondary N) is 1. The van der Waals surface area contributed by atoms with E-state index in [4.69, 9.17) is 0 Å². The first-order chi connectivity index (χ1) is 29.7. The van der Waals surface area contributed by atoms with Gasteiger partial charge in [0.2, 0.25) is 5.91 Å². The van der Waals surface area contributed by atoms with E-state index in [1.165, 1.54) is 96.3 Å². The van der Waals surface area contributed by atoms with E-state index in [-0.39, 0.29) is 12.5 Å². The molecule has 0 aromatic rings. The van der Waals surface area contributed by atoms with Crippen molar-refractivity contribution in [1.82, 2.24) is 5.32 Å². The number of carbonyl (C=O) groups excluding carboxylic acids is 1. The molecule has 2 unspecified atom stereocenters. The molecule has 342 valence electrons. The van der Waals surface area contributed by atoms with Gasteiger partial charge in [-0.05, 0) is 83.5 Å². The lowest BCUT2D eigenvalue weighted by Gasteiger charge is -2.22. The topological polar surface area (TPSA) is 69.6 Å². The maximum atomic E-state index is 12.4. The molecule has 0 radical (unpaired) electrons. The average molecular weight is 830 g/mol. The molecule has 0 aliphatic heterocycles. The molecule has 0 aromatic carbocycles. The monoisotopic (exact) mass is 830 g/mol. The maximum Gasteiger partial charge on any atom is 0.220 e. The van der Waals surface area contributed by atoms with Crippen molar-refractivity contribution in [3.05, 3.63) is 109 Å². The third kappa shape index (κ3) is 46.1. The molecule has 0 bridgehead atoms. The second kappa shape index (κ2) is 50.4. The van der Waals surface area contributed by atoms with Gasteiger partial charge in [0.25, 0.3) is 0 Å². The van der Waals surface area contributed by atoms with Gasteiger partial charge in [0.05, 0.1) is 18.8 Å². The molecule has 0 saturated carbocycles. The first-order valence-corrected chi connectivity index (χ1v) is 25.1. The minimum absolute atomic E-state index is 0.0670. The Balaban J connectivity index is 3.68. The number of carbonyl (C=O) groups is 1. The molecule has 0 aliphatic rings. The maximum absolute atomic E-state index is 12.4. The Kier molecular flexibility index (Phi) is 47.9. The van der Waals surface area contributed by atoms with E-state index in [0.29, 0.717) is 12.8 Å². The summed E-state index contributed by atoms with van der Waals surface area (Å²) in [5.41, 5.74) is 0. The van der Waals surface area contributed by atoms with Crippen molar-refractivity contribution in [3.63, 3.8) is 0 Å². The number of amides is 1. The molecule has 0 spiro atoms.